The molecule has 0 saturated carbocycles. The Hall–Kier alpha value is -0.110. The van der Waals surface area contributed by atoms with Gasteiger partial charge in [0.25, 0.3) is 0 Å². The molecule has 1 aromatic carbocycles. The Balaban J connectivity index is 0.00000196. The van der Waals surface area contributed by atoms with Crippen molar-refractivity contribution < 1.29 is 47.9 Å². The number of sulfonamides is 1. The number of hydrogen-bond acceptors (Lipinski definition) is 4. The summed E-state index contributed by atoms with van der Waals surface area (Å²) in [6.45, 7) is 0. The van der Waals surface area contributed by atoms with Gasteiger partial charge in [-0.05, 0) is 17.7 Å². The van der Waals surface area contributed by atoms with Crippen LogP contribution >= 0.6 is 11.8 Å². The molecule has 0 saturated heterocycles. The third-order valence-corrected chi connectivity index (χ3v) is 3.07. The minimum absolute atomic E-state index is 0. The van der Waals surface area contributed by atoms with Gasteiger partial charge in [0.05, 0.1) is 5.97 Å². The first-order valence-corrected chi connectivity index (χ1v) is 5.15. The van der Waals surface area contributed by atoms with Gasteiger partial charge in [0.15, 0.2) is 0 Å². The summed E-state index contributed by atoms with van der Waals surface area (Å²) in [5, 5.41) is 10.3. The Labute approximate surface area is 114 Å². The summed E-state index contributed by atoms with van der Waals surface area (Å²) in [5.41, 5.74) is -0.112. The number of carbonyl (C=O) groups excluding carboxylic acids is 1. The zero-order valence-corrected chi connectivity index (χ0v) is 11.2. The molecule has 0 N–H and O–H groups in total. The smallest absolute Gasteiger partial charge is 0.545 e. The van der Waals surface area contributed by atoms with E-state index in [1.165, 1.54) is 0 Å². The summed E-state index contributed by atoms with van der Waals surface area (Å²) < 4.78 is 24.7. The Morgan fingerprint density at radius 3 is 2.07 bits per heavy atom. The molecule has 0 bridgehead atoms. The van der Waals surface area contributed by atoms with Gasteiger partial charge in [0.1, 0.15) is 10.0 Å². The van der Waals surface area contributed by atoms with Crippen LogP contribution in [0.25, 0.3) is 4.24 Å². The van der Waals surface area contributed by atoms with Crippen molar-refractivity contribution >= 4 is 27.8 Å². The molecule has 0 aliphatic heterocycles. The number of carboxylic acid groups (broad SMARTS) is 1. The van der Waals surface area contributed by atoms with E-state index in [9.17, 15) is 18.3 Å². The number of rotatable bonds is 3. The van der Waals surface area contributed by atoms with Crippen molar-refractivity contribution in [3.63, 3.8) is 0 Å². The van der Waals surface area contributed by atoms with Gasteiger partial charge in [-0.2, -0.15) is 0 Å². The van der Waals surface area contributed by atoms with Crippen LogP contribution in [0, 0.1) is 0 Å². The van der Waals surface area contributed by atoms with Crippen LogP contribution in [-0.4, -0.2) is 14.4 Å². The number of carboxylic acids is 1. The largest absolute Gasteiger partial charge is 1.00 e. The molecule has 0 spiro atoms. The topological polar surface area (TPSA) is 88.4 Å². The van der Waals surface area contributed by atoms with Gasteiger partial charge >= 0.3 is 29.6 Å². The molecular formula is C7H4ClNNaO4S-. The number of benzene rings is 1. The fraction of sp³-hybridized carbons (Fsp3) is 0. The molecule has 0 amide bonds. The van der Waals surface area contributed by atoms with Crippen molar-refractivity contribution in [2.24, 2.45) is 0 Å². The van der Waals surface area contributed by atoms with Crippen LogP contribution in [-0.2, 0) is 10.0 Å². The van der Waals surface area contributed by atoms with Gasteiger partial charge in [-0.1, -0.05) is 12.1 Å². The molecule has 76 valence electrons. The molecule has 5 nitrogen and oxygen atoms in total. The van der Waals surface area contributed by atoms with E-state index in [0.29, 0.717) is 0 Å². The minimum Gasteiger partial charge on any atom is -0.545 e. The summed E-state index contributed by atoms with van der Waals surface area (Å²) in [7, 11) is -3.86. The summed E-state index contributed by atoms with van der Waals surface area (Å²) in [4.78, 5) is 10.2. The summed E-state index contributed by atoms with van der Waals surface area (Å²) in [6, 6.07) is 4.38. The SMILES string of the molecule is O=C([O-])c1ccc(S(=O)(=O)[N-]Cl)cc1.[Na+]. The molecule has 1 rings (SSSR count). The minimum atomic E-state index is -3.86. The molecule has 0 aromatic heterocycles. The van der Waals surface area contributed by atoms with E-state index in [2.05, 4.69) is 4.24 Å². The maximum absolute atomic E-state index is 11.0. The third-order valence-electron chi connectivity index (χ3n) is 1.48. The van der Waals surface area contributed by atoms with Crippen molar-refractivity contribution in [1.29, 1.82) is 0 Å². The van der Waals surface area contributed by atoms with Crippen molar-refractivity contribution in [3.05, 3.63) is 34.1 Å². The van der Waals surface area contributed by atoms with E-state index in [0.717, 1.165) is 24.3 Å². The van der Waals surface area contributed by atoms with E-state index in [1.807, 2.05) is 0 Å². The number of aromatic carboxylic acids is 1. The Morgan fingerprint density at radius 1 is 1.27 bits per heavy atom. The predicted octanol–water partition coefficient (Wildman–Crippen LogP) is -2.73. The van der Waals surface area contributed by atoms with E-state index >= 15 is 0 Å². The van der Waals surface area contributed by atoms with E-state index in [4.69, 9.17) is 11.8 Å². The molecule has 0 heterocycles. The van der Waals surface area contributed by atoms with Crippen LogP contribution in [0.5, 0.6) is 0 Å². The van der Waals surface area contributed by atoms with E-state index in [1.54, 1.807) is 0 Å². The summed E-state index contributed by atoms with van der Waals surface area (Å²) >= 11 is 4.84. The van der Waals surface area contributed by atoms with Crippen molar-refractivity contribution in [2.75, 3.05) is 0 Å². The van der Waals surface area contributed by atoms with Crippen LogP contribution in [0.4, 0.5) is 0 Å². The molecular weight excluding hydrogens is 253 g/mol. The molecule has 0 unspecified atom stereocenters. The van der Waals surface area contributed by atoms with E-state index in [-0.39, 0.29) is 40.0 Å². The average molecular weight is 257 g/mol. The van der Waals surface area contributed by atoms with Gasteiger partial charge in [0, 0.05) is 4.90 Å². The number of hydrogen-bond donors (Lipinski definition) is 0. The maximum atomic E-state index is 11.0. The van der Waals surface area contributed by atoms with Crippen LogP contribution in [0.2, 0.25) is 0 Å². The van der Waals surface area contributed by atoms with Crippen LogP contribution in [0.1, 0.15) is 10.4 Å². The molecule has 8 heteroatoms. The number of halogens is 1. The first-order chi connectivity index (χ1) is 6.47. The summed E-state index contributed by atoms with van der Waals surface area (Å²) in [6.07, 6.45) is 0. The average Bonchev–Trinajstić information content (AvgIpc) is 2.18. The standard InChI is InChI=1S/C7H5ClNO4S.Na/c8-9-14(12,13)6-3-1-5(2-4-6)7(10)11;/h1-4H,(H,10,11);/q-1;+1/p-1. The normalized spacial score (nSPS) is 10.5. The third kappa shape index (κ3) is 3.75. The van der Waals surface area contributed by atoms with Crippen LogP contribution < -0.4 is 34.7 Å². The Kier molecular flexibility index (Phi) is 5.79. The Morgan fingerprint density at radius 2 is 1.73 bits per heavy atom. The first-order valence-electron chi connectivity index (χ1n) is 3.37. The first kappa shape index (κ1) is 14.9. The van der Waals surface area contributed by atoms with Crippen molar-refractivity contribution in [3.8, 4) is 0 Å². The van der Waals surface area contributed by atoms with E-state index < -0.39 is 16.0 Å². The quantitative estimate of drug-likeness (QED) is 0.549. The molecule has 15 heavy (non-hydrogen) atoms. The van der Waals surface area contributed by atoms with Gasteiger partial charge in [-0.15, -0.1) is 0 Å². The fourth-order valence-electron chi connectivity index (χ4n) is 0.803. The Bertz CT molecular complexity index is 445. The van der Waals surface area contributed by atoms with Crippen LogP contribution in [0.15, 0.2) is 29.2 Å². The second-order valence-corrected chi connectivity index (χ2v) is 4.33. The molecule has 0 fully saturated rings. The van der Waals surface area contributed by atoms with Gasteiger partial charge in [0.2, 0.25) is 0 Å². The molecule has 0 atom stereocenters. The van der Waals surface area contributed by atoms with Gasteiger partial charge in [-0.25, -0.2) is 8.42 Å². The fourth-order valence-corrected chi connectivity index (χ4v) is 1.60. The molecule has 0 aliphatic carbocycles. The van der Waals surface area contributed by atoms with Gasteiger partial charge < -0.3 is 14.1 Å². The van der Waals surface area contributed by atoms with Crippen molar-refractivity contribution in [2.45, 2.75) is 4.90 Å². The molecule has 0 radical (unpaired) electrons. The summed E-state index contributed by atoms with van der Waals surface area (Å²) in [5.74, 6) is -1.38. The van der Waals surface area contributed by atoms with Crippen LogP contribution in [0.3, 0.4) is 0 Å². The zero-order chi connectivity index (χ0) is 10.8. The second kappa shape index (κ2) is 5.83. The monoisotopic (exact) mass is 256 g/mol. The molecule has 0 aliphatic rings. The second-order valence-electron chi connectivity index (χ2n) is 2.36. The molecule has 1 aromatic rings. The zero-order valence-electron chi connectivity index (χ0n) is 7.68. The maximum Gasteiger partial charge on any atom is 1.00 e. The van der Waals surface area contributed by atoms with Gasteiger partial charge in [-0.3, -0.25) is 11.8 Å². The number of nitrogens with zero attached hydrogens (tertiary/aromatic N) is 1. The predicted molar refractivity (Wildman–Crippen MR) is 47.2 cm³/mol. The van der Waals surface area contributed by atoms with Crippen molar-refractivity contribution in [1.82, 2.24) is 0 Å². The number of carbonyl (C=O) groups is 1.